The van der Waals surface area contributed by atoms with Crippen LogP contribution in [0.3, 0.4) is 0 Å². The number of amides is 1. The molecule has 2 N–H and O–H groups in total. The van der Waals surface area contributed by atoms with Crippen LogP contribution in [0.2, 0.25) is 0 Å². The van der Waals surface area contributed by atoms with Crippen LogP contribution in [0, 0.1) is 10.1 Å². The lowest BCUT2D eigenvalue weighted by Crippen LogP contribution is -2.35. The number of anilines is 1. The van der Waals surface area contributed by atoms with Gasteiger partial charge in [-0.25, -0.2) is 4.79 Å². The van der Waals surface area contributed by atoms with Crippen LogP contribution >= 0.6 is 0 Å². The monoisotopic (exact) mass is 251 g/mol. The molecule has 1 atom stereocenters. The normalized spacial score (nSPS) is 18.7. The van der Waals surface area contributed by atoms with E-state index in [1.807, 2.05) is 4.90 Å². The lowest BCUT2D eigenvalue weighted by atomic mass is 10.2. The standard InChI is InChI=1S/C11H13N3O4/c15-11(16)12-8-5-6-13(7-8)9-1-3-10(4-2-9)14(17)18/h1-4,8,12H,5-7H2,(H,15,16)/t8-/m0/s1. The summed E-state index contributed by atoms with van der Waals surface area (Å²) in [5.74, 6) is 0. The number of rotatable bonds is 3. The van der Waals surface area contributed by atoms with E-state index in [1.165, 1.54) is 12.1 Å². The molecule has 1 fully saturated rings. The predicted octanol–water partition coefficient (Wildman–Crippen LogP) is 1.44. The van der Waals surface area contributed by atoms with Crippen molar-refractivity contribution < 1.29 is 14.8 Å². The van der Waals surface area contributed by atoms with Gasteiger partial charge in [-0.2, -0.15) is 0 Å². The zero-order chi connectivity index (χ0) is 13.1. The van der Waals surface area contributed by atoms with Gasteiger partial charge in [-0.1, -0.05) is 0 Å². The first-order chi connectivity index (χ1) is 8.56. The highest BCUT2D eigenvalue weighted by molar-refractivity contribution is 5.65. The van der Waals surface area contributed by atoms with Gasteiger partial charge in [0.15, 0.2) is 0 Å². The molecule has 1 aromatic rings. The fourth-order valence-electron chi connectivity index (χ4n) is 2.07. The van der Waals surface area contributed by atoms with Gasteiger partial charge in [-0.15, -0.1) is 0 Å². The first-order valence-electron chi connectivity index (χ1n) is 5.55. The molecule has 96 valence electrons. The van der Waals surface area contributed by atoms with Crippen LogP contribution in [0.4, 0.5) is 16.2 Å². The molecule has 0 unspecified atom stereocenters. The van der Waals surface area contributed by atoms with E-state index in [1.54, 1.807) is 12.1 Å². The van der Waals surface area contributed by atoms with Crippen molar-refractivity contribution in [3.05, 3.63) is 34.4 Å². The third-order valence-corrected chi connectivity index (χ3v) is 2.94. The van der Waals surface area contributed by atoms with Crippen LogP contribution in [0.1, 0.15) is 6.42 Å². The average Bonchev–Trinajstić information content (AvgIpc) is 2.76. The van der Waals surface area contributed by atoms with Crippen LogP contribution in [0.15, 0.2) is 24.3 Å². The Morgan fingerprint density at radius 2 is 2.11 bits per heavy atom. The number of carbonyl (C=O) groups is 1. The lowest BCUT2D eigenvalue weighted by Gasteiger charge is -2.18. The Bertz CT molecular complexity index is 460. The number of nitro groups is 1. The molecule has 7 heteroatoms. The molecule has 0 aromatic heterocycles. The minimum absolute atomic E-state index is 0.0538. The second kappa shape index (κ2) is 4.91. The van der Waals surface area contributed by atoms with Crippen LogP contribution < -0.4 is 10.2 Å². The van der Waals surface area contributed by atoms with Gasteiger partial charge in [0.25, 0.3) is 5.69 Å². The Morgan fingerprint density at radius 3 is 2.67 bits per heavy atom. The summed E-state index contributed by atoms with van der Waals surface area (Å²) in [5, 5.41) is 21.6. The molecule has 1 saturated heterocycles. The molecule has 1 heterocycles. The number of hydrogen-bond donors (Lipinski definition) is 2. The SMILES string of the molecule is O=C(O)N[C@H]1CCN(c2ccc([N+](=O)[O-])cc2)C1. The topological polar surface area (TPSA) is 95.7 Å². The number of carboxylic acid groups (broad SMARTS) is 1. The molecule has 0 aliphatic carbocycles. The molecule has 2 rings (SSSR count). The zero-order valence-corrected chi connectivity index (χ0v) is 9.57. The summed E-state index contributed by atoms with van der Waals surface area (Å²) in [7, 11) is 0. The smallest absolute Gasteiger partial charge is 0.404 e. The molecule has 0 radical (unpaired) electrons. The average molecular weight is 251 g/mol. The summed E-state index contributed by atoms with van der Waals surface area (Å²) in [6, 6.07) is 6.18. The Hall–Kier alpha value is -2.31. The summed E-state index contributed by atoms with van der Waals surface area (Å²) in [6.45, 7) is 1.33. The van der Waals surface area contributed by atoms with E-state index < -0.39 is 11.0 Å². The van der Waals surface area contributed by atoms with Crippen molar-refractivity contribution in [1.29, 1.82) is 0 Å². The fraction of sp³-hybridized carbons (Fsp3) is 0.364. The molecule has 1 aliphatic rings. The fourth-order valence-corrected chi connectivity index (χ4v) is 2.07. The third kappa shape index (κ3) is 2.68. The molecule has 1 aliphatic heterocycles. The lowest BCUT2D eigenvalue weighted by molar-refractivity contribution is -0.384. The summed E-state index contributed by atoms with van der Waals surface area (Å²) >= 11 is 0. The van der Waals surface area contributed by atoms with Crippen molar-refractivity contribution >= 4 is 17.5 Å². The van der Waals surface area contributed by atoms with Gasteiger partial charge in [0.2, 0.25) is 0 Å². The van der Waals surface area contributed by atoms with Crippen molar-refractivity contribution in [3.8, 4) is 0 Å². The van der Waals surface area contributed by atoms with Crippen LogP contribution in [0.5, 0.6) is 0 Å². The molecule has 0 spiro atoms. The van der Waals surface area contributed by atoms with E-state index in [9.17, 15) is 14.9 Å². The maximum absolute atomic E-state index is 10.5. The van der Waals surface area contributed by atoms with Gasteiger partial charge < -0.3 is 15.3 Å². The summed E-state index contributed by atoms with van der Waals surface area (Å²) in [5.41, 5.74) is 0.924. The Labute approximate surface area is 103 Å². The predicted molar refractivity (Wildman–Crippen MR) is 64.9 cm³/mol. The quantitative estimate of drug-likeness (QED) is 0.626. The van der Waals surface area contributed by atoms with E-state index in [-0.39, 0.29) is 11.7 Å². The minimum atomic E-state index is -1.02. The maximum Gasteiger partial charge on any atom is 0.404 e. The summed E-state index contributed by atoms with van der Waals surface area (Å²) in [6.07, 6.45) is -0.283. The number of non-ortho nitro benzene ring substituents is 1. The third-order valence-electron chi connectivity index (χ3n) is 2.94. The van der Waals surface area contributed by atoms with E-state index in [4.69, 9.17) is 5.11 Å². The van der Waals surface area contributed by atoms with Crippen molar-refractivity contribution in [2.45, 2.75) is 12.5 Å². The highest BCUT2D eigenvalue weighted by Crippen LogP contribution is 2.23. The molecule has 18 heavy (non-hydrogen) atoms. The van der Waals surface area contributed by atoms with Gasteiger partial charge in [0.05, 0.1) is 11.0 Å². The van der Waals surface area contributed by atoms with Crippen molar-refractivity contribution in [3.63, 3.8) is 0 Å². The molecule has 0 saturated carbocycles. The molecule has 1 amide bonds. The van der Waals surface area contributed by atoms with Gasteiger partial charge in [-0.3, -0.25) is 10.1 Å². The van der Waals surface area contributed by atoms with Gasteiger partial charge in [-0.05, 0) is 18.6 Å². The number of nitrogens with one attached hydrogen (secondary N) is 1. The molecular formula is C11H13N3O4. The Morgan fingerprint density at radius 1 is 1.44 bits per heavy atom. The Balaban J connectivity index is 2.01. The van der Waals surface area contributed by atoms with Crippen LogP contribution in [-0.2, 0) is 0 Å². The number of nitrogens with zero attached hydrogens (tertiary/aromatic N) is 2. The maximum atomic E-state index is 10.5. The molecular weight excluding hydrogens is 238 g/mol. The highest BCUT2D eigenvalue weighted by Gasteiger charge is 2.24. The number of benzene rings is 1. The van der Waals surface area contributed by atoms with E-state index in [0.717, 1.165) is 18.7 Å². The molecule has 7 nitrogen and oxygen atoms in total. The van der Waals surface area contributed by atoms with E-state index in [0.29, 0.717) is 6.54 Å². The largest absolute Gasteiger partial charge is 0.465 e. The first-order valence-corrected chi connectivity index (χ1v) is 5.55. The zero-order valence-electron chi connectivity index (χ0n) is 9.57. The van der Waals surface area contributed by atoms with Gasteiger partial charge in [0, 0.05) is 30.9 Å². The van der Waals surface area contributed by atoms with Crippen molar-refractivity contribution in [2.75, 3.05) is 18.0 Å². The second-order valence-electron chi connectivity index (χ2n) is 4.15. The van der Waals surface area contributed by atoms with Crippen molar-refractivity contribution in [2.24, 2.45) is 0 Å². The number of hydrogen-bond acceptors (Lipinski definition) is 4. The first kappa shape index (κ1) is 12.2. The number of nitro benzene ring substituents is 1. The van der Waals surface area contributed by atoms with Crippen LogP contribution in [0.25, 0.3) is 0 Å². The molecule has 1 aromatic carbocycles. The highest BCUT2D eigenvalue weighted by atomic mass is 16.6. The minimum Gasteiger partial charge on any atom is -0.465 e. The summed E-state index contributed by atoms with van der Waals surface area (Å²) < 4.78 is 0. The van der Waals surface area contributed by atoms with E-state index in [2.05, 4.69) is 5.32 Å². The molecule has 0 bridgehead atoms. The summed E-state index contributed by atoms with van der Waals surface area (Å²) in [4.78, 5) is 22.6. The van der Waals surface area contributed by atoms with Gasteiger partial charge in [0.1, 0.15) is 0 Å². The van der Waals surface area contributed by atoms with E-state index >= 15 is 0 Å². The Kier molecular flexibility index (Phi) is 3.31. The van der Waals surface area contributed by atoms with Crippen molar-refractivity contribution in [1.82, 2.24) is 5.32 Å². The van der Waals surface area contributed by atoms with Crippen LogP contribution in [-0.4, -0.2) is 35.3 Å². The van der Waals surface area contributed by atoms with Gasteiger partial charge >= 0.3 is 6.09 Å². The second-order valence-corrected chi connectivity index (χ2v) is 4.15.